The molecular weight excluding hydrogens is 769 g/mol. The largest absolute Gasteiger partial charge is 0.247 e. The molecule has 3 heteroatoms. The fraction of sp³-hybridized carbons (Fsp3) is 0.0169. The number of aliphatic imine (C=N–C) groups is 1. The first-order valence-corrected chi connectivity index (χ1v) is 21.9. The summed E-state index contributed by atoms with van der Waals surface area (Å²) < 4.78 is 2.50. The summed E-state index contributed by atoms with van der Waals surface area (Å²) in [6.07, 6.45) is 6.53. The van der Waals surface area contributed by atoms with Crippen LogP contribution >= 0.6 is 11.3 Å². The van der Waals surface area contributed by atoms with E-state index in [2.05, 4.69) is 231 Å². The average molecular weight is 809 g/mol. The molecule has 62 heavy (non-hydrogen) atoms. The zero-order valence-electron chi connectivity index (χ0n) is 34.2. The number of hydrogen-bond acceptors (Lipinski definition) is 3. The predicted molar refractivity (Wildman–Crippen MR) is 266 cm³/mol. The Morgan fingerprint density at radius 2 is 0.984 bits per heavy atom. The topological polar surface area (TPSA) is 25.2 Å². The summed E-state index contributed by atoms with van der Waals surface area (Å²) in [5.74, 6) is 0. The zero-order chi connectivity index (χ0) is 41.4. The Hall–Kier alpha value is -7.72. The van der Waals surface area contributed by atoms with Crippen molar-refractivity contribution in [2.45, 2.75) is 6.92 Å². The molecule has 0 N–H and O–H groups in total. The number of fused-ring (bicyclic) bond motifs is 5. The minimum Gasteiger partial charge on any atom is -0.247 e. The van der Waals surface area contributed by atoms with Gasteiger partial charge < -0.3 is 0 Å². The summed E-state index contributed by atoms with van der Waals surface area (Å²) in [6.45, 7) is 2.18. The smallest absolute Gasteiger partial charge is 0.0888 e. The molecule has 0 atom stereocenters. The van der Waals surface area contributed by atoms with Gasteiger partial charge in [0.25, 0.3) is 0 Å². The second kappa shape index (κ2) is 16.0. The minimum atomic E-state index is 0.910. The number of benzene rings is 8. The fourth-order valence-corrected chi connectivity index (χ4v) is 9.67. The third-order valence-electron chi connectivity index (χ3n) is 11.8. The molecule has 0 spiro atoms. The van der Waals surface area contributed by atoms with Crippen molar-refractivity contribution in [3.8, 4) is 44.6 Å². The number of nitrogens with zero attached hydrogens (tertiary/aromatic N) is 2. The Morgan fingerprint density at radius 3 is 1.61 bits per heavy atom. The number of pyridine rings is 1. The molecular formula is C59H40N2S. The Bertz CT molecular complexity index is 3380. The Kier molecular flexibility index (Phi) is 9.65. The lowest BCUT2D eigenvalue weighted by Gasteiger charge is -2.13. The van der Waals surface area contributed by atoms with E-state index >= 15 is 0 Å². The van der Waals surface area contributed by atoms with Crippen molar-refractivity contribution in [1.82, 2.24) is 4.98 Å². The molecule has 1 aliphatic carbocycles. The van der Waals surface area contributed by atoms with Gasteiger partial charge in [0.05, 0.1) is 27.3 Å². The average Bonchev–Trinajstić information content (AvgIpc) is 4.12. The maximum absolute atomic E-state index is 5.51. The highest BCUT2D eigenvalue weighted by Gasteiger charge is 2.19. The molecule has 0 bridgehead atoms. The highest BCUT2D eigenvalue weighted by Crippen LogP contribution is 2.44. The fourth-order valence-electron chi connectivity index (χ4n) is 8.44. The summed E-state index contributed by atoms with van der Waals surface area (Å²) in [7, 11) is 0. The van der Waals surface area contributed by atoms with Crippen molar-refractivity contribution in [3.63, 3.8) is 0 Å². The van der Waals surface area contributed by atoms with Gasteiger partial charge in [-0.05, 0) is 58.0 Å². The van der Waals surface area contributed by atoms with Crippen molar-refractivity contribution >= 4 is 59.4 Å². The standard InChI is InChI=1S/C59H40N2S/c1-39(40-24-26-43(27-25-40)41-14-5-2-6-15-41)38-53(46-32-28-44(29-33-46)42-16-7-3-8-17-42)60-56(49-36-37-49)48-34-30-45(31-35-48)50-21-13-22-52-55-51-20-11-12-23-54(51)62-59(55)57(61-58(50)52)47-18-9-4-10-19-47/h2-38H,1H3/b39-38+,60-53?. The second-order valence-corrected chi connectivity index (χ2v) is 16.8. The molecule has 2 aromatic heterocycles. The Labute approximate surface area is 365 Å². The maximum atomic E-state index is 5.51. The Balaban J connectivity index is 0.996. The van der Waals surface area contributed by atoms with Crippen molar-refractivity contribution in [3.05, 3.63) is 247 Å². The molecule has 0 saturated heterocycles. The van der Waals surface area contributed by atoms with E-state index in [-0.39, 0.29) is 0 Å². The Morgan fingerprint density at radius 1 is 0.468 bits per heavy atom. The van der Waals surface area contributed by atoms with Crippen molar-refractivity contribution < 1.29 is 0 Å². The first-order valence-electron chi connectivity index (χ1n) is 21.1. The monoisotopic (exact) mass is 808 g/mol. The molecule has 2 heterocycles. The number of hydrogen-bond donors (Lipinski definition) is 0. The highest BCUT2D eigenvalue weighted by molar-refractivity contribution is 7.26. The molecule has 2 nitrogen and oxygen atoms in total. The van der Waals surface area contributed by atoms with Gasteiger partial charge in [-0.25, -0.2) is 9.98 Å². The number of thiophene rings is 1. The van der Waals surface area contributed by atoms with E-state index in [0.29, 0.717) is 0 Å². The molecule has 8 aromatic carbocycles. The van der Waals surface area contributed by atoms with Crippen LogP contribution in [-0.2, 0) is 0 Å². The van der Waals surface area contributed by atoms with Gasteiger partial charge in [-0.2, -0.15) is 0 Å². The van der Waals surface area contributed by atoms with E-state index < -0.39 is 0 Å². The van der Waals surface area contributed by atoms with E-state index in [1.165, 1.54) is 47.8 Å². The van der Waals surface area contributed by atoms with Crippen molar-refractivity contribution in [1.29, 1.82) is 0 Å². The molecule has 0 amide bonds. The van der Waals surface area contributed by atoms with Gasteiger partial charge >= 0.3 is 0 Å². The highest BCUT2D eigenvalue weighted by atomic mass is 32.1. The number of rotatable bonds is 9. The number of allylic oxidation sites excluding steroid dienone is 5. The minimum absolute atomic E-state index is 0.910. The van der Waals surface area contributed by atoms with Gasteiger partial charge in [0, 0.05) is 48.7 Å². The van der Waals surface area contributed by atoms with Crippen LogP contribution in [0.5, 0.6) is 0 Å². The predicted octanol–water partition coefficient (Wildman–Crippen LogP) is 16.1. The van der Waals surface area contributed by atoms with E-state index in [9.17, 15) is 0 Å². The molecule has 1 aliphatic rings. The normalized spacial score (nSPS) is 12.7. The van der Waals surface area contributed by atoms with Gasteiger partial charge in [0.2, 0.25) is 0 Å². The van der Waals surface area contributed by atoms with Crippen LogP contribution in [0.25, 0.3) is 87.0 Å². The second-order valence-electron chi connectivity index (χ2n) is 15.8. The van der Waals surface area contributed by atoms with Crippen LogP contribution in [-0.4, -0.2) is 10.7 Å². The van der Waals surface area contributed by atoms with Crippen molar-refractivity contribution in [2.24, 2.45) is 4.99 Å². The summed E-state index contributed by atoms with van der Waals surface area (Å²) in [5, 5.41) is 3.72. The summed E-state index contributed by atoms with van der Waals surface area (Å²) in [4.78, 5) is 11.0. The molecule has 10 aromatic rings. The lowest BCUT2D eigenvalue weighted by Crippen LogP contribution is -2.00. The van der Waals surface area contributed by atoms with Crippen LogP contribution in [0, 0.1) is 0 Å². The van der Waals surface area contributed by atoms with Crippen LogP contribution in [0.2, 0.25) is 0 Å². The molecule has 0 fully saturated rings. The van der Waals surface area contributed by atoms with Crippen LogP contribution in [0.4, 0.5) is 0 Å². The molecule has 292 valence electrons. The first-order chi connectivity index (χ1) is 30.6. The zero-order valence-corrected chi connectivity index (χ0v) is 35.0. The lowest BCUT2D eigenvalue weighted by molar-refractivity contribution is 1.43. The van der Waals surface area contributed by atoms with E-state index in [1.807, 2.05) is 11.3 Å². The van der Waals surface area contributed by atoms with Crippen molar-refractivity contribution in [2.75, 3.05) is 0 Å². The molecule has 0 unspecified atom stereocenters. The number of aromatic nitrogens is 1. The molecule has 11 rings (SSSR count). The van der Waals surface area contributed by atoms with Crippen LogP contribution in [0.3, 0.4) is 0 Å². The van der Waals surface area contributed by atoms with Crippen LogP contribution < -0.4 is 0 Å². The van der Waals surface area contributed by atoms with E-state index in [4.69, 9.17) is 9.98 Å². The van der Waals surface area contributed by atoms with Crippen LogP contribution in [0.15, 0.2) is 235 Å². The number of para-hydroxylation sites is 1. The van der Waals surface area contributed by atoms with Gasteiger partial charge in [-0.3, -0.25) is 0 Å². The lowest BCUT2D eigenvalue weighted by atomic mass is 9.96. The van der Waals surface area contributed by atoms with Gasteiger partial charge in [-0.1, -0.05) is 212 Å². The first kappa shape index (κ1) is 37.3. The third kappa shape index (κ3) is 7.19. The SMILES string of the molecule is C/C(=C\C(=NC(=C1C=C1)c1ccc(-c2cccc3c2nc(-c2ccccc2)c2sc4ccccc4c23)cc1)c1ccc(-c2ccccc2)cc1)c1ccc(-c2ccccc2)cc1. The van der Waals surface area contributed by atoms with Gasteiger partial charge in [0.15, 0.2) is 0 Å². The summed E-state index contributed by atoms with van der Waals surface area (Å²) >= 11 is 1.83. The van der Waals surface area contributed by atoms with E-state index in [0.717, 1.165) is 67.1 Å². The molecule has 0 saturated carbocycles. The third-order valence-corrected chi connectivity index (χ3v) is 13.0. The van der Waals surface area contributed by atoms with E-state index in [1.54, 1.807) is 0 Å². The van der Waals surface area contributed by atoms with Crippen LogP contribution in [0.1, 0.15) is 23.6 Å². The maximum Gasteiger partial charge on any atom is 0.0888 e. The summed E-state index contributed by atoms with van der Waals surface area (Å²) in [5.41, 5.74) is 17.6. The molecule has 0 aliphatic heterocycles. The van der Waals surface area contributed by atoms with Gasteiger partial charge in [-0.15, -0.1) is 11.3 Å². The quantitative estimate of drug-likeness (QED) is 0.133. The summed E-state index contributed by atoms with van der Waals surface area (Å²) in [6, 6.07) is 73.5. The molecule has 0 radical (unpaired) electrons. The van der Waals surface area contributed by atoms with Gasteiger partial charge in [0.1, 0.15) is 0 Å².